The van der Waals surface area contributed by atoms with Crippen molar-refractivity contribution in [3.05, 3.63) is 35.9 Å². The van der Waals surface area contributed by atoms with E-state index in [0.29, 0.717) is 25.9 Å². The van der Waals surface area contributed by atoms with E-state index in [9.17, 15) is 14.4 Å². The fourth-order valence-electron chi connectivity index (χ4n) is 3.26. The molecule has 1 atom stereocenters. The first kappa shape index (κ1) is 19.9. The maximum atomic E-state index is 13.0. The van der Waals surface area contributed by atoms with Crippen LogP contribution in [-0.4, -0.2) is 48.4 Å². The summed E-state index contributed by atoms with van der Waals surface area (Å²) >= 11 is 0. The second-order valence-corrected chi connectivity index (χ2v) is 6.91. The van der Waals surface area contributed by atoms with Crippen molar-refractivity contribution in [1.29, 1.82) is 0 Å². The summed E-state index contributed by atoms with van der Waals surface area (Å²) in [6, 6.07) is 9.53. The summed E-state index contributed by atoms with van der Waals surface area (Å²) in [5.74, 6) is -0.684. The molecule has 142 valence electrons. The second-order valence-electron chi connectivity index (χ2n) is 6.91. The molecule has 1 aliphatic rings. The number of hydrogen-bond donors (Lipinski definition) is 1. The van der Waals surface area contributed by atoms with Gasteiger partial charge >= 0.3 is 5.97 Å². The van der Waals surface area contributed by atoms with Crippen LogP contribution in [0.3, 0.4) is 0 Å². The van der Waals surface area contributed by atoms with Gasteiger partial charge in [-0.05, 0) is 31.7 Å². The van der Waals surface area contributed by atoms with Crippen molar-refractivity contribution in [2.75, 3.05) is 19.7 Å². The first-order chi connectivity index (χ1) is 12.4. The van der Waals surface area contributed by atoms with Gasteiger partial charge < -0.3 is 15.0 Å². The molecule has 0 spiro atoms. The third-order valence-corrected chi connectivity index (χ3v) is 5.13. The lowest BCUT2D eigenvalue weighted by atomic mass is 9.72. The Morgan fingerprint density at radius 2 is 1.81 bits per heavy atom. The Bertz CT molecular complexity index is 636. The van der Waals surface area contributed by atoms with Crippen molar-refractivity contribution >= 4 is 17.8 Å². The average Bonchev–Trinajstić information content (AvgIpc) is 2.66. The average molecular weight is 360 g/mol. The number of carbonyl (C=O) groups is 3. The Hall–Kier alpha value is -2.37. The molecule has 1 fully saturated rings. The SMILES string of the molecule is CC[C@H](C)NC(=O)COC(=O)C1(c2ccccc2)CCN(C(C)=O)CC1. The summed E-state index contributed by atoms with van der Waals surface area (Å²) < 4.78 is 5.39. The number of ether oxygens (including phenoxy) is 1. The van der Waals surface area contributed by atoms with Gasteiger partial charge in [-0.2, -0.15) is 0 Å². The zero-order chi connectivity index (χ0) is 19.2. The van der Waals surface area contributed by atoms with E-state index >= 15 is 0 Å². The molecular formula is C20H28N2O4. The summed E-state index contributed by atoms with van der Waals surface area (Å²) in [4.78, 5) is 38.3. The number of hydrogen-bond acceptors (Lipinski definition) is 4. The molecular weight excluding hydrogens is 332 g/mol. The minimum absolute atomic E-state index is 0.00737. The van der Waals surface area contributed by atoms with Gasteiger partial charge in [0.15, 0.2) is 6.61 Å². The van der Waals surface area contributed by atoms with Crippen LogP contribution in [0.5, 0.6) is 0 Å². The molecule has 1 N–H and O–H groups in total. The fraction of sp³-hybridized carbons (Fsp3) is 0.550. The van der Waals surface area contributed by atoms with E-state index in [1.165, 1.54) is 6.92 Å². The highest BCUT2D eigenvalue weighted by molar-refractivity contribution is 5.87. The maximum Gasteiger partial charge on any atom is 0.317 e. The van der Waals surface area contributed by atoms with E-state index in [4.69, 9.17) is 4.74 Å². The number of carbonyl (C=O) groups excluding carboxylic acids is 3. The van der Waals surface area contributed by atoms with Crippen molar-refractivity contribution in [3.8, 4) is 0 Å². The maximum absolute atomic E-state index is 13.0. The minimum atomic E-state index is -0.816. The number of piperidine rings is 1. The number of benzene rings is 1. The van der Waals surface area contributed by atoms with E-state index in [1.807, 2.05) is 44.2 Å². The first-order valence-corrected chi connectivity index (χ1v) is 9.16. The van der Waals surface area contributed by atoms with Gasteiger partial charge in [0, 0.05) is 26.1 Å². The van der Waals surface area contributed by atoms with E-state index in [0.717, 1.165) is 12.0 Å². The van der Waals surface area contributed by atoms with E-state index in [-0.39, 0.29) is 24.5 Å². The van der Waals surface area contributed by atoms with E-state index in [2.05, 4.69) is 5.32 Å². The van der Waals surface area contributed by atoms with Crippen molar-refractivity contribution in [1.82, 2.24) is 10.2 Å². The predicted octanol–water partition coefficient (Wildman–Crippen LogP) is 2.02. The van der Waals surface area contributed by atoms with Crippen molar-refractivity contribution in [3.63, 3.8) is 0 Å². The lowest BCUT2D eigenvalue weighted by molar-refractivity contribution is -0.157. The summed E-state index contributed by atoms with van der Waals surface area (Å²) in [5, 5.41) is 2.79. The Labute approximate surface area is 154 Å². The van der Waals surface area contributed by atoms with Crippen LogP contribution >= 0.6 is 0 Å². The first-order valence-electron chi connectivity index (χ1n) is 9.16. The van der Waals surface area contributed by atoms with Crippen LogP contribution in [-0.2, 0) is 24.5 Å². The third-order valence-electron chi connectivity index (χ3n) is 5.13. The number of likely N-dealkylation sites (tertiary alicyclic amines) is 1. The molecule has 1 aliphatic heterocycles. The normalized spacial score (nSPS) is 17.3. The zero-order valence-corrected chi connectivity index (χ0v) is 15.8. The van der Waals surface area contributed by atoms with Crippen LogP contribution in [0.1, 0.15) is 45.6 Å². The summed E-state index contributed by atoms with van der Waals surface area (Å²) in [6.45, 7) is 6.13. The molecule has 1 aromatic carbocycles. The molecule has 0 aromatic heterocycles. The standard InChI is InChI=1S/C20H28N2O4/c1-4-15(2)21-18(24)14-26-19(25)20(17-8-6-5-7-9-17)10-12-22(13-11-20)16(3)23/h5-9,15H,4,10-14H2,1-3H3,(H,21,24)/t15-/m0/s1. The van der Waals surface area contributed by atoms with Crippen LogP contribution in [0.2, 0.25) is 0 Å². The molecule has 0 bridgehead atoms. The van der Waals surface area contributed by atoms with Gasteiger partial charge in [-0.1, -0.05) is 37.3 Å². The molecule has 6 nitrogen and oxygen atoms in total. The predicted molar refractivity (Wildman–Crippen MR) is 98.5 cm³/mol. The molecule has 2 rings (SSSR count). The lowest BCUT2D eigenvalue weighted by Crippen LogP contribution is -2.49. The molecule has 6 heteroatoms. The summed E-state index contributed by atoms with van der Waals surface area (Å²) in [5.41, 5.74) is 0.0553. The van der Waals surface area contributed by atoms with Crippen molar-refractivity contribution in [2.45, 2.75) is 51.5 Å². The van der Waals surface area contributed by atoms with Crippen LogP contribution < -0.4 is 5.32 Å². The van der Waals surface area contributed by atoms with Crippen LogP contribution in [0.25, 0.3) is 0 Å². The lowest BCUT2D eigenvalue weighted by Gasteiger charge is -2.40. The molecule has 0 aliphatic carbocycles. The summed E-state index contributed by atoms with van der Waals surface area (Å²) in [6.07, 6.45) is 1.79. The van der Waals surface area contributed by atoms with Gasteiger partial charge in [-0.25, -0.2) is 0 Å². The Kier molecular flexibility index (Phi) is 6.77. The van der Waals surface area contributed by atoms with Gasteiger partial charge in [-0.15, -0.1) is 0 Å². The fourth-order valence-corrected chi connectivity index (χ4v) is 3.26. The van der Waals surface area contributed by atoms with Crippen LogP contribution in [0, 0.1) is 0 Å². The molecule has 1 heterocycles. The molecule has 1 aromatic rings. The van der Waals surface area contributed by atoms with Gasteiger partial charge in [0.2, 0.25) is 5.91 Å². The molecule has 1 saturated heterocycles. The monoisotopic (exact) mass is 360 g/mol. The van der Waals surface area contributed by atoms with Crippen LogP contribution in [0.15, 0.2) is 30.3 Å². The Morgan fingerprint density at radius 1 is 1.19 bits per heavy atom. The van der Waals surface area contributed by atoms with E-state index in [1.54, 1.807) is 4.90 Å². The molecule has 26 heavy (non-hydrogen) atoms. The van der Waals surface area contributed by atoms with Gasteiger partial charge in [-0.3, -0.25) is 14.4 Å². The molecule has 0 saturated carbocycles. The smallest absolute Gasteiger partial charge is 0.317 e. The number of esters is 1. The highest BCUT2D eigenvalue weighted by atomic mass is 16.5. The van der Waals surface area contributed by atoms with Crippen molar-refractivity contribution in [2.24, 2.45) is 0 Å². The van der Waals surface area contributed by atoms with Crippen LogP contribution in [0.4, 0.5) is 0 Å². The second kappa shape index (κ2) is 8.83. The topological polar surface area (TPSA) is 75.7 Å². The minimum Gasteiger partial charge on any atom is -0.455 e. The highest BCUT2D eigenvalue weighted by Gasteiger charge is 2.44. The van der Waals surface area contributed by atoms with Crippen molar-refractivity contribution < 1.29 is 19.1 Å². The summed E-state index contributed by atoms with van der Waals surface area (Å²) in [7, 11) is 0. The largest absolute Gasteiger partial charge is 0.455 e. The Morgan fingerprint density at radius 3 is 2.35 bits per heavy atom. The molecule has 0 radical (unpaired) electrons. The number of nitrogens with one attached hydrogen (secondary N) is 1. The number of nitrogens with zero attached hydrogens (tertiary/aromatic N) is 1. The third kappa shape index (κ3) is 4.62. The number of amides is 2. The Balaban J connectivity index is 2.11. The van der Waals surface area contributed by atoms with Gasteiger partial charge in [0.1, 0.15) is 0 Å². The van der Waals surface area contributed by atoms with Gasteiger partial charge in [0.05, 0.1) is 5.41 Å². The molecule has 2 amide bonds. The number of rotatable bonds is 6. The molecule has 0 unspecified atom stereocenters. The van der Waals surface area contributed by atoms with Gasteiger partial charge in [0.25, 0.3) is 5.91 Å². The quantitative estimate of drug-likeness (QED) is 0.788. The zero-order valence-electron chi connectivity index (χ0n) is 15.8. The van der Waals surface area contributed by atoms with E-state index < -0.39 is 11.4 Å². The highest BCUT2D eigenvalue weighted by Crippen LogP contribution is 2.37.